The van der Waals surface area contributed by atoms with E-state index in [0.29, 0.717) is 24.0 Å². The lowest BCUT2D eigenvalue weighted by Gasteiger charge is -2.21. The molecule has 1 aliphatic heterocycles. The molecule has 168 valence electrons. The minimum atomic E-state index is -0.279. The van der Waals surface area contributed by atoms with Crippen LogP contribution in [0.15, 0.2) is 53.5 Å². The lowest BCUT2D eigenvalue weighted by atomic mass is 10.0. The standard InChI is InChI=1S/C24H32FN3O3/c1-26-24(27-13-2-14-30-18-20-11-15-29-16-12-20)28-17-19-3-7-22(8-4-19)31-23-9-5-21(25)6-10-23/h3-10,20H,2,11-18H2,1H3,(H2,26,27,28). The van der Waals surface area contributed by atoms with Gasteiger partial charge in [-0.2, -0.15) is 0 Å². The smallest absolute Gasteiger partial charge is 0.191 e. The molecule has 1 saturated heterocycles. The molecular formula is C24H32FN3O3. The van der Waals surface area contributed by atoms with E-state index < -0.39 is 0 Å². The summed E-state index contributed by atoms with van der Waals surface area (Å²) in [6.45, 7) is 4.76. The molecule has 1 heterocycles. The normalized spacial score (nSPS) is 15.0. The Bertz CT molecular complexity index is 791. The first-order valence-corrected chi connectivity index (χ1v) is 10.9. The highest BCUT2D eigenvalue weighted by molar-refractivity contribution is 5.79. The minimum absolute atomic E-state index is 0.279. The van der Waals surface area contributed by atoms with Crippen LogP contribution in [0.4, 0.5) is 4.39 Å². The van der Waals surface area contributed by atoms with E-state index in [1.165, 1.54) is 12.1 Å². The average molecular weight is 430 g/mol. The van der Waals surface area contributed by atoms with E-state index >= 15 is 0 Å². The van der Waals surface area contributed by atoms with E-state index in [1.54, 1.807) is 19.2 Å². The second-order valence-electron chi connectivity index (χ2n) is 7.54. The fourth-order valence-electron chi connectivity index (χ4n) is 3.26. The molecule has 0 bridgehead atoms. The van der Waals surface area contributed by atoms with Crippen molar-refractivity contribution < 1.29 is 18.6 Å². The summed E-state index contributed by atoms with van der Waals surface area (Å²) in [5.74, 6) is 2.44. The van der Waals surface area contributed by atoms with Crippen LogP contribution in [0.2, 0.25) is 0 Å². The molecule has 2 aromatic carbocycles. The average Bonchev–Trinajstić information content (AvgIpc) is 2.81. The maximum absolute atomic E-state index is 13.0. The van der Waals surface area contributed by atoms with Gasteiger partial charge in [-0.3, -0.25) is 4.99 Å². The summed E-state index contributed by atoms with van der Waals surface area (Å²) in [5.41, 5.74) is 1.11. The van der Waals surface area contributed by atoms with Crippen molar-refractivity contribution in [3.05, 3.63) is 59.9 Å². The summed E-state index contributed by atoms with van der Waals surface area (Å²) in [5, 5.41) is 6.62. The topological polar surface area (TPSA) is 64.1 Å². The van der Waals surface area contributed by atoms with Crippen LogP contribution >= 0.6 is 0 Å². The Balaban J connectivity index is 1.30. The largest absolute Gasteiger partial charge is 0.457 e. The first kappa shape index (κ1) is 23.0. The predicted octanol–water partition coefficient (Wildman–Crippen LogP) is 4.12. The second-order valence-corrected chi connectivity index (χ2v) is 7.54. The molecule has 2 aromatic rings. The van der Waals surface area contributed by atoms with E-state index in [1.807, 2.05) is 24.3 Å². The molecule has 1 fully saturated rings. The molecule has 0 unspecified atom stereocenters. The number of nitrogens with zero attached hydrogens (tertiary/aromatic N) is 1. The van der Waals surface area contributed by atoms with Crippen LogP contribution in [-0.4, -0.2) is 46.0 Å². The van der Waals surface area contributed by atoms with Gasteiger partial charge in [0.25, 0.3) is 0 Å². The number of benzene rings is 2. The molecular weight excluding hydrogens is 397 g/mol. The van der Waals surface area contributed by atoms with Crippen LogP contribution < -0.4 is 15.4 Å². The summed E-state index contributed by atoms with van der Waals surface area (Å²) in [6.07, 6.45) is 3.14. The van der Waals surface area contributed by atoms with Gasteiger partial charge in [0.05, 0.1) is 0 Å². The number of nitrogens with one attached hydrogen (secondary N) is 2. The second kappa shape index (κ2) is 12.9. The van der Waals surface area contributed by atoms with Gasteiger partial charge in [0.15, 0.2) is 5.96 Å². The van der Waals surface area contributed by atoms with Crippen LogP contribution in [0, 0.1) is 11.7 Å². The molecule has 0 spiro atoms. The molecule has 0 atom stereocenters. The predicted molar refractivity (Wildman–Crippen MR) is 120 cm³/mol. The van der Waals surface area contributed by atoms with E-state index in [9.17, 15) is 4.39 Å². The molecule has 0 aliphatic carbocycles. The molecule has 0 aromatic heterocycles. The van der Waals surface area contributed by atoms with Gasteiger partial charge in [0, 0.05) is 46.6 Å². The summed E-state index contributed by atoms with van der Waals surface area (Å²) < 4.78 is 29.9. The molecule has 2 N–H and O–H groups in total. The molecule has 3 rings (SSSR count). The third-order valence-electron chi connectivity index (χ3n) is 5.11. The zero-order valence-electron chi connectivity index (χ0n) is 18.1. The van der Waals surface area contributed by atoms with Gasteiger partial charge in [-0.1, -0.05) is 12.1 Å². The lowest BCUT2D eigenvalue weighted by molar-refractivity contribution is 0.0203. The summed E-state index contributed by atoms with van der Waals surface area (Å²) >= 11 is 0. The number of guanidine groups is 1. The summed E-state index contributed by atoms with van der Waals surface area (Å²) in [7, 11) is 1.76. The first-order valence-electron chi connectivity index (χ1n) is 10.9. The van der Waals surface area contributed by atoms with Crippen molar-refractivity contribution in [2.45, 2.75) is 25.8 Å². The molecule has 7 heteroatoms. The molecule has 0 radical (unpaired) electrons. The molecule has 6 nitrogen and oxygen atoms in total. The highest BCUT2D eigenvalue weighted by Crippen LogP contribution is 2.21. The Labute approximate surface area is 183 Å². The number of hydrogen-bond donors (Lipinski definition) is 2. The fourth-order valence-corrected chi connectivity index (χ4v) is 3.26. The van der Waals surface area contributed by atoms with Gasteiger partial charge in [-0.15, -0.1) is 0 Å². The van der Waals surface area contributed by atoms with Crippen molar-refractivity contribution in [1.82, 2.24) is 10.6 Å². The molecule has 0 saturated carbocycles. The van der Waals surface area contributed by atoms with E-state index in [4.69, 9.17) is 14.2 Å². The zero-order valence-corrected chi connectivity index (χ0v) is 18.1. The van der Waals surface area contributed by atoms with Crippen molar-refractivity contribution in [2.24, 2.45) is 10.9 Å². The summed E-state index contributed by atoms with van der Waals surface area (Å²) in [4.78, 5) is 4.26. The SMILES string of the molecule is CN=C(NCCCOCC1CCOCC1)NCc1ccc(Oc2ccc(F)cc2)cc1. The van der Waals surface area contributed by atoms with Gasteiger partial charge in [-0.25, -0.2) is 4.39 Å². The van der Waals surface area contributed by atoms with Crippen LogP contribution in [-0.2, 0) is 16.0 Å². The van der Waals surface area contributed by atoms with E-state index in [0.717, 1.165) is 63.8 Å². The number of ether oxygens (including phenoxy) is 3. The molecule has 1 aliphatic rings. The Morgan fingerprint density at radius 2 is 1.71 bits per heavy atom. The Hall–Kier alpha value is -2.64. The maximum atomic E-state index is 13.0. The quantitative estimate of drug-likeness (QED) is 0.338. The van der Waals surface area contributed by atoms with Gasteiger partial charge in [0.2, 0.25) is 0 Å². The van der Waals surface area contributed by atoms with Gasteiger partial charge in [-0.05, 0) is 67.1 Å². The Morgan fingerprint density at radius 1 is 1.03 bits per heavy atom. The molecule has 0 amide bonds. The monoisotopic (exact) mass is 429 g/mol. The minimum Gasteiger partial charge on any atom is -0.457 e. The Kier molecular flexibility index (Phi) is 9.60. The number of hydrogen-bond acceptors (Lipinski definition) is 4. The van der Waals surface area contributed by atoms with Crippen LogP contribution in [0.1, 0.15) is 24.8 Å². The van der Waals surface area contributed by atoms with Crippen molar-refractivity contribution in [1.29, 1.82) is 0 Å². The third-order valence-corrected chi connectivity index (χ3v) is 5.11. The van der Waals surface area contributed by atoms with Crippen molar-refractivity contribution in [3.8, 4) is 11.5 Å². The van der Waals surface area contributed by atoms with E-state index in [-0.39, 0.29) is 5.82 Å². The van der Waals surface area contributed by atoms with Crippen molar-refractivity contribution in [3.63, 3.8) is 0 Å². The highest BCUT2D eigenvalue weighted by Gasteiger charge is 2.13. The maximum Gasteiger partial charge on any atom is 0.191 e. The number of rotatable bonds is 10. The number of halogens is 1. The van der Waals surface area contributed by atoms with Crippen LogP contribution in [0.3, 0.4) is 0 Å². The van der Waals surface area contributed by atoms with Crippen LogP contribution in [0.25, 0.3) is 0 Å². The summed E-state index contributed by atoms with van der Waals surface area (Å²) in [6, 6.07) is 13.7. The van der Waals surface area contributed by atoms with Crippen LogP contribution in [0.5, 0.6) is 11.5 Å². The Morgan fingerprint density at radius 3 is 2.39 bits per heavy atom. The fraction of sp³-hybridized carbons (Fsp3) is 0.458. The highest BCUT2D eigenvalue weighted by atomic mass is 19.1. The third kappa shape index (κ3) is 8.55. The van der Waals surface area contributed by atoms with Crippen molar-refractivity contribution in [2.75, 3.05) is 40.0 Å². The van der Waals surface area contributed by atoms with E-state index in [2.05, 4.69) is 15.6 Å². The van der Waals surface area contributed by atoms with Crippen molar-refractivity contribution >= 4 is 5.96 Å². The lowest BCUT2D eigenvalue weighted by Crippen LogP contribution is -2.37. The van der Waals surface area contributed by atoms with Gasteiger partial charge < -0.3 is 24.8 Å². The molecule has 31 heavy (non-hydrogen) atoms. The number of aliphatic imine (C=N–C) groups is 1. The van der Waals surface area contributed by atoms with Gasteiger partial charge in [0.1, 0.15) is 17.3 Å². The van der Waals surface area contributed by atoms with Gasteiger partial charge >= 0.3 is 0 Å². The zero-order chi connectivity index (χ0) is 21.7. The first-order chi connectivity index (χ1) is 15.2.